The predicted molar refractivity (Wildman–Crippen MR) is 93.7 cm³/mol. The molecule has 3 aromatic rings. The minimum atomic E-state index is -0.446. The SMILES string of the molecule is [BaH2].c1ccc(P(c2ccccc2)c2ccccc2)cc1. The van der Waals surface area contributed by atoms with Gasteiger partial charge in [-0.2, -0.15) is 0 Å². The van der Waals surface area contributed by atoms with Crippen molar-refractivity contribution < 1.29 is 0 Å². The molecule has 0 aliphatic heterocycles. The van der Waals surface area contributed by atoms with E-state index in [9.17, 15) is 0 Å². The number of hydrogen-bond acceptors (Lipinski definition) is 0. The van der Waals surface area contributed by atoms with E-state index < -0.39 is 7.92 Å². The molecule has 0 saturated heterocycles. The first kappa shape index (κ1) is 16.0. The van der Waals surface area contributed by atoms with Gasteiger partial charge in [-0.05, 0) is 23.8 Å². The molecule has 20 heavy (non-hydrogen) atoms. The van der Waals surface area contributed by atoms with Crippen molar-refractivity contribution in [3.8, 4) is 0 Å². The Morgan fingerprint density at radius 3 is 0.900 bits per heavy atom. The van der Waals surface area contributed by atoms with Gasteiger partial charge < -0.3 is 0 Å². The van der Waals surface area contributed by atoms with Crippen molar-refractivity contribution in [2.24, 2.45) is 0 Å². The maximum absolute atomic E-state index is 2.23. The van der Waals surface area contributed by atoms with Gasteiger partial charge in [-0.15, -0.1) is 0 Å². The summed E-state index contributed by atoms with van der Waals surface area (Å²) in [5, 5.41) is 4.19. The van der Waals surface area contributed by atoms with Gasteiger partial charge in [0.1, 0.15) is 0 Å². The molecule has 3 aromatic carbocycles. The van der Waals surface area contributed by atoms with Crippen LogP contribution in [0, 0.1) is 0 Å². The van der Waals surface area contributed by atoms with Crippen LogP contribution < -0.4 is 15.9 Å². The van der Waals surface area contributed by atoms with Crippen LogP contribution in [0.2, 0.25) is 0 Å². The fourth-order valence-electron chi connectivity index (χ4n) is 2.18. The Morgan fingerprint density at radius 1 is 0.400 bits per heavy atom. The van der Waals surface area contributed by atoms with Gasteiger partial charge in [0.2, 0.25) is 0 Å². The fraction of sp³-hybridized carbons (Fsp3) is 0. The summed E-state index contributed by atoms with van der Waals surface area (Å²) in [6.07, 6.45) is 0. The molecule has 0 radical (unpaired) electrons. The van der Waals surface area contributed by atoms with Crippen molar-refractivity contribution in [2.45, 2.75) is 0 Å². The Kier molecular flexibility index (Phi) is 6.57. The van der Waals surface area contributed by atoms with Gasteiger partial charge in [0.25, 0.3) is 0 Å². The zero-order valence-electron chi connectivity index (χ0n) is 10.6. The third-order valence-corrected chi connectivity index (χ3v) is 5.49. The summed E-state index contributed by atoms with van der Waals surface area (Å²) < 4.78 is 0. The maximum Gasteiger partial charge on any atom is -0.0134 e. The van der Waals surface area contributed by atoms with E-state index in [-0.39, 0.29) is 48.9 Å². The van der Waals surface area contributed by atoms with Crippen molar-refractivity contribution >= 4 is 72.7 Å². The molecule has 0 unspecified atom stereocenters. The average Bonchev–Trinajstić information content (AvgIpc) is 2.51. The Labute approximate surface area is 162 Å². The maximum atomic E-state index is 2.23. The monoisotopic (exact) mass is 402 g/mol. The summed E-state index contributed by atoms with van der Waals surface area (Å²) >= 11 is 0. The molecule has 0 fully saturated rings. The predicted octanol–water partition coefficient (Wildman–Crippen LogP) is 2.53. The number of hydrogen-bond donors (Lipinski definition) is 0. The minimum absolute atomic E-state index is 0. The molecule has 2 heteroatoms. The average molecular weight is 402 g/mol. The molecule has 0 aliphatic carbocycles. The second kappa shape index (κ2) is 8.19. The molecule has 0 amide bonds. The first-order valence-corrected chi connectivity index (χ1v) is 7.74. The third kappa shape index (κ3) is 3.86. The van der Waals surface area contributed by atoms with Crippen molar-refractivity contribution in [2.75, 3.05) is 0 Å². The van der Waals surface area contributed by atoms with E-state index in [2.05, 4.69) is 91.0 Å². The standard InChI is InChI=1S/C18H15P.Ba.2H/c1-4-10-16(11-5-1)19(17-12-6-2-7-13-17)18-14-8-3-9-15-18;;;/h1-15H;;;. The van der Waals surface area contributed by atoms with E-state index in [1.807, 2.05) is 0 Å². The molecule has 3 rings (SSSR count). The zero-order valence-corrected chi connectivity index (χ0v) is 11.5. The number of rotatable bonds is 3. The smallest absolute Gasteiger partial charge is 0.0134 e. The van der Waals surface area contributed by atoms with Crippen molar-refractivity contribution in [3.05, 3.63) is 91.0 Å². The first-order valence-electron chi connectivity index (χ1n) is 6.40. The van der Waals surface area contributed by atoms with Crippen LogP contribution in [0.25, 0.3) is 0 Å². The van der Waals surface area contributed by atoms with E-state index in [1.54, 1.807) is 0 Å². The Balaban J connectivity index is 0.00000147. The topological polar surface area (TPSA) is 0 Å². The van der Waals surface area contributed by atoms with E-state index in [1.165, 1.54) is 15.9 Å². The summed E-state index contributed by atoms with van der Waals surface area (Å²) in [5.41, 5.74) is 0. The molecule has 0 aromatic heterocycles. The van der Waals surface area contributed by atoms with Gasteiger partial charge in [-0.3, -0.25) is 0 Å². The molecule has 0 nitrogen and oxygen atoms in total. The second-order valence-electron chi connectivity index (χ2n) is 4.34. The summed E-state index contributed by atoms with van der Waals surface area (Å²) in [5.74, 6) is 0. The van der Waals surface area contributed by atoms with Gasteiger partial charge in [-0.1, -0.05) is 91.0 Å². The van der Waals surface area contributed by atoms with Crippen LogP contribution in [0.1, 0.15) is 0 Å². The Bertz CT molecular complexity index is 529. The normalized spacial score (nSPS) is 10.1. The van der Waals surface area contributed by atoms with Gasteiger partial charge >= 0.3 is 48.9 Å². The largest absolute Gasteiger partial charge is 0.0622 e. The third-order valence-electron chi connectivity index (χ3n) is 3.04. The van der Waals surface area contributed by atoms with Gasteiger partial charge in [-0.25, -0.2) is 0 Å². The second-order valence-corrected chi connectivity index (χ2v) is 6.56. The van der Waals surface area contributed by atoms with Crippen molar-refractivity contribution in [1.29, 1.82) is 0 Å². The first-order chi connectivity index (χ1) is 9.45. The van der Waals surface area contributed by atoms with E-state index >= 15 is 0 Å². The molecular formula is C18H17BaP. The molecule has 96 valence electrons. The van der Waals surface area contributed by atoms with Crippen LogP contribution in [0.4, 0.5) is 0 Å². The summed E-state index contributed by atoms with van der Waals surface area (Å²) in [6, 6.07) is 32.3. The van der Waals surface area contributed by atoms with Crippen LogP contribution >= 0.6 is 7.92 Å². The van der Waals surface area contributed by atoms with Gasteiger partial charge in [0.05, 0.1) is 0 Å². The van der Waals surface area contributed by atoms with Gasteiger partial charge in [0.15, 0.2) is 0 Å². The van der Waals surface area contributed by atoms with Crippen LogP contribution in [0.5, 0.6) is 0 Å². The summed E-state index contributed by atoms with van der Waals surface area (Å²) in [6.45, 7) is 0. The van der Waals surface area contributed by atoms with Crippen molar-refractivity contribution in [1.82, 2.24) is 0 Å². The van der Waals surface area contributed by atoms with E-state index in [4.69, 9.17) is 0 Å². The van der Waals surface area contributed by atoms with E-state index in [0.717, 1.165) is 0 Å². The molecule has 0 bridgehead atoms. The van der Waals surface area contributed by atoms with Crippen LogP contribution in [0.3, 0.4) is 0 Å². The summed E-state index contributed by atoms with van der Waals surface area (Å²) in [7, 11) is -0.446. The van der Waals surface area contributed by atoms with E-state index in [0.29, 0.717) is 0 Å². The molecule has 0 N–H and O–H groups in total. The quantitative estimate of drug-likeness (QED) is 0.467. The summed E-state index contributed by atoms with van der Waals surface area (Å²) in [4.78, 5) is 0. The molecule has 0 saturated carbocycles. The molecule has 0 heterocycles. The molecule has 0 atom stereocenters. The van der Waals surface area contributed by atoms with Crippen molar-refractivity contribution in [3.63, 3.8) is 0 Å². The Hall–Kier alpha value is -0.339. The zero-order chi connectivity index (χ0) is 12.9. The van der Waals surface area contributed by atoms with Crippen LogP contribution in [0.15, 0.2) is 91.0 Å². The number of benzene rings is 3. The molecule has 0 aliphatic rings. The van der Waals surface area contributed by atoms with Crippen LogP contribution in [-0.4, -0.2) is 48.9 Å². The molecule has 0 spiro atoms. The minimum Gasteiger partial charge on any atom is -0.0622 e. The Morgan fingerprint density at radius 2 is 0.650 bits per heavy atom. The van der Waals surface area contributed by atoms with Gasteiger partial charge in [0, 0.05) is 0 Å². The fourth-order valence-corrected chi connectivity index (χ4v) is 4.48. The molecular weight excluding hydrogens is 385 g/mol. The van der Waals surface area contributed by atoms with Crippen LogP contribution in [-0.2, 0) is 0 Å².